The molecule has 4 heteroatoms. The summed E-state index contributed by atoms with van der Waals surface area (Å²) < 4.78 is 11.5. The lowest BCUT2D eigenvalue weighted by atomic mass is 10.0. The summed E-state index contributed by atoms with van der Waals surface area (Å²) in [6.45, 7) is 8.97. The number of ether oxygens (including phenoxy) is 2. The van der Waals surface area contributed by atoms with Gasteiger partial charge in [0.2, 0.25) is 0 Å². The van der Waals surface area contributed by atoms with Crippen molar-refractivity contribution in [3.8, 4) is 11.5 Å². The highest BCUT2D eigenvalue weighted by Gasteiger charge is 2.71. The fraction of sp³-hybridized carbons (Fsp3) is 0.435. The van der Waals surface area contributed by atoms with Crippen molar-refractivity contribution >= 4 is 5.97 Å². The second kappa shape index (κ2) is 6.38. The Morgan fingerprint density at radius 2 is 1.67 bits per heavy atom. The zero-order valence-electron chi connectivity index (χ0n) is 16.4. The van der Waals surface area contributed by atoms with Crippen LogP contribution in [-0.4, -0.2) is 17.6 Å². The minimum Gasteiger partial charge on any atom is -0.461 e. The van der Waals surface area contributed by atoms with Gasteiger partial charge in [0.25, 0.3) is 0 Å². The summed E-state index contributed by atoms with van der Waals surface area (Å²) in [5.41, 5.74) is 1.07. The maximum absolute atomic E-state index is 12.6. The zero-order chi connectivity index (χ0) is 19.2. The first-order chi connectivity index (χ1) is 12.8. The molecule has 1 unspecified atom stereocenters. The number of nitrogens with one attached hydrogen (secondary N) is 1. The summed E-state index contributed by atoms with van der Waals surface area (Å²) in [6.07, 6.45) is 0. The van der Waals surface area contributed by atoms with E-state index in [-0.39, 0.29) is 29.4 Å². The highest BCUT2D eigenvalue weighted by Crippen LogP contribution is 2.64. The molecule has 27 heavy (non-hydrogen) atoms. The predicted octanol–water partition coefficient (Wildman–Crippen LogP) is 4.54. The lowest BCUT2D eigenvalue weighted by molar-refractivity contribution is -0.147. The van der Waals surface area contributed by atoms with Crippen LogP contribution in [0.3, 0.4) is 0 Å². The highest BCUT2D eigenvalue weighted by molar-refractivity contribution is 5.78. The molecule has 2 aromatic rings. The van der Waals surface area contributed by atoms with Crippen LogP contribution < -0.4 is 10.1 Å². The van der Waals surface area contributed by atoms with E-state index in [4.69, 9.17) is 9.47 Å². The van der Waals surface area contributed by atoms with Crippen molar-refractivity contribution < 1.29 is 14.3 Å². The normalized spacial score (nSPS) is 26.9. The van der Waals surface area contributed by atoms with Crippen LogP contribution in [-0.2, 0) is 16.1 Å². The Hall–Kier alpha value is -2.33. The van der Waals surface area contributed by atoms with E-state index in [0.29, 0.717) is 12.0 Å². The SMILES string of the molecule is CC1(C)N[C@H]1C1[C@@H](C(=O)OCc2cccc(Oc3ccccc3)c2)C1(C)C. The number of rotatable bonds is 6. The van der Waals surface area contributed by atoms with Crippen LogP contribution >= 0.6 is 0 Å². The van der Waals surface area contributed by atoms with E-state index >= 15 is 0 Å². The van der Waals surface area contributed by atoms with E-state index < -0.39 is 0 Å². The second-order valence-corrected chi connectivity index (χ2v) is 8.84. The van der Waals surface area contributed by atoms with Crippen molar-refractivity contribution in [2.75, 3.05) is 0 Å². The first-order valence-electron chi connectivity index (χ1n) is 9.55. The first-order valence-corrected chi connectivity index (χ1v) is 9.55. The van der Waals surface area contributed by atoms with Gasteiger partial charge in [-0.05, 0) is 55.0 Å². The molecule has 142 valence electrons. The lowest BCUT2D eigenvalue weighted by Gasteiger charge is -2.09. The van der Waals surface area contributed by atoms with Crippen LogP contribution in [0.15, 0.2) is 54.6 Å². The molecule has 3 atom stereocenters. The summed E-state index contributed by atoms with van der Waals surface area (Å²) in [5, 5.41) is 3.49. The van der Waals surface area contributed by atoms with Crippen LogP contribution in [0.25, 0.3) is 0 Å². The number of esters is 1. The molecule has 1 saturated heterocycles. The fourth-order valence-corrected chi connectivity index (χ4v) is 4.22. The molecular weight excluding hydrogens is 338 g/mol. The number of carbonyl (C=O) groups excluding carboxylic acids is 1. The van der Waals surface area contributed by atoms with E-state index in [1.165, 1.54) is 0 Å². The smallest absolute Gasteiger partial charge is 0.310 e. The number of para-hydroxylation sites is 1. The average molecular weight is 365 g/mol. The van der Waals surface area contributed by atoms with E-state index in [9.17, 15) is 4.79 Å². The molecule has 0 spiro atoms. The van der Waals surface area contributed by atoms with Crippen LogP contribution in [0, 0.1) is 17.3 Å². The van der Waals surface area contributed by atoms with Crippen molar-refractivity contribution in [1.29, 1.82) is 0 Å². The maximum atomic E-state index is 12.6. The molecule has 1 heterocycles. The predicted molar refractivity (Wildman–Crippen MR) is 105 cm³/mol. The quantitative estimate of drug-likeness (QED) is 0.603. The summed E-state index contributed by atoms with van der Waals surface area (Å²) in [7, 11) is 0. The molecule has 2 fully saturated rings. The first kappa shape index (κ1) is 18.1. The van der Waals surface area contributed by atoms with E-state index in [0.717, 1.165) is 17.1 Å². The van der Waals surface area contributed by atoms with Gasteiger partial charge in [0, 0.05) is 11.6 Å². The molecule has 1 aliphatic heterocycles. The van der Waals surface area contributed by atoms with Crippen LogP contribution in [0.1, 0.15) is 33.3 Å². The Morgan fingerprint density at radius 3 is 2.33 bits per heavy atom. The summed E-state index contributed by atoms with van der Waals surface area (Å²) >= 11 is 0. The van der Waals surface area contributed by atoms with Gasteiger partial charge in [-0.1, -0.05) is 44.2 Å². The third-order valence-corrected chi connectivity index (χ3v) is 6.00. The van der Waals surface area contributed by atoms with Gasteiger partial charge >= 0.3 is 5.97 Å². The highest BCUT2D eigenvalue weighted by atomic mass is 16.5. The van der Waals surface area contributed by atoms with E-state index in [1.807, 2.05) is 54.6 Å². The molecule has 1 N–H and O–H groups in total. The van der Waals surface area contributed by atoms with Crippen LogP contribution in [0.5, 0.6) is 11.5 Å². The molecule has 0 radical (unpaired) electrons. The van der Waals surface area contributed by atoms with Gasteiger partial charge < -0.3 is 14.8 Å². The molecule has 4 rings (SSSR count). The van der Waals surface area contributed by atoms with E-state index in [2.05, 4.69) is 33.0 Å². The Balaban J connectivity index is 1.35. The summed E-state index contributed by atoms with van der Waals surface area (Å²) in [5.74, 6) is 1.76. The molecule has 2 aromatic carbocycles. The van der Waals surface area contributed by atoms with E-state index in [1.54, 1.807) is 0 Å². The van der Waals surface area contributed by atoms with Gasteiger partial charge in [0.05, 0.1) is 5.92 Å². The minimum absolute atomic E-state index is 0.000782. The second-order valence-electron chi connectivity index (χ2n) is 8.84. The molecule has 2 aliphatic rings. The largest absolute Gasteiger partial charge is 0.461 e. The van der Waals surface area contributed by atoms with Crippen molar-refractivity contribution in [3.63, 3.8) is 0 Å². The van der Waals surface area contributed by atoms with Crippen molar-refractivity contribution in [3.05, 3.63) is 60.2 Å². The molecule has 0 bridgehead atoms. The number of hydrogen-bond donors (Lipinski definition) is 1. The van der Waals surface area contributed by atoms with Gasteiger partial charge in [-0.2, -0.15) is 0 Å². The average Bonchev–Trinajstić information content (AvgIpc) is 3.44. The Bertz CT molecular complexity index is 844. The van der Waals surface area contributed by atoms with Gasteiger partial charge in [-0.25, -0.2) is 0 Å². The molecular formula is C23H27NO3. The Kier molecular flexibility index (Phi) is 4.26. The minimum atomic E-state index is -0.0936. The summed E-state index contributed by atoms with van der Waals surface area (Å²) in [6, 6.07) is 17.7. The molecule has 1 aliphatic carbocycles. The van der Waals surface area contributed by atoms with Crippen LogP contribution in [0.4, 0.5) is 0 Å². The van der Waals surface area contributed by atoms with Gasteiger partial charge in [-0.3, -0.25) is 4.79 Å². The topological polar surface area (TPSA) is 57.5 Å². The van der Waals surface area contributed by atoms with Crippen molar-refractivity contribution in [1.82, 2.24) is 5.32 Å². The van der Waals surface area contributed by atoms with Crippen LogP contribution in [0.2, 0.25) is 0 Å². The number of hydrogen-bond acceptors (Lipinski definition) is 4. The summed E-state index contributed by atoms with van der Waals surface area (Å²) in [4.78, 5) is 12.6. The fourth-order valence-electron chi connectivity index (χ4n) is 4.22. The molecule has 0 amide bonds. The lowest BCUT2D eigenvalue weighted by Crippen LogP contribution is -2.12. The molecule has 4 nitrogen and oxygen atoms in total. The Morgan fingerprint density at radius 1 is 1.00 bits per heavy atom. The van der Waals surface area contributed by atoms with Crippen molar-refractivity contribution in [2.45, 2.75) is 45.9 Å². The van der Waals surface area contributed by atoms with Gasteiger partial charge in [0.1, 0.15) is 18.1 Å². The third-order valence-electron chi connectivity index (χ3n) is 6.00. The van der Waals surface area contributed by atoms with Crippen molar-refractivity contribution in [2.24, 2.45) is 17.3 Å². The molecule has 1 saturated carbocycles. The van der Waals surface area contributed by atoms with Gasteiger partial charge in [0.15, 0.2) is 0 Å². The monoisotopic (exact) mass is 365 g/mol. The Labute approximate surface area is 160 Å². The third kappa shape index (κ3) is 3.59. The van der Waals surface area contributed by atoms with Gasteiger partial charge in [-0.15, -0.1) is 0 Å². The standard InChI is InChI=1S/C23H27NO3/c1-22(2)18(20-23(3,4)24-20)19(22)21(25)26-14-15-9-8-12-17(13-15)27-16-10-6-5-7-11-16/h5-13,18-20,24H,14H2,1-4H3/t18?,19-,20-/m0/s1. The number of benzene rings is 2. The molecule has 0 aromatic heterocycles. The number of carbonyl (C=O) groups is 1. The maximum Gasteiger partial charge on any atom is 0.310 e. The zero-order valence-corrected chi connectivity index (χ0v) is 16.4.